The van der Waals surface area contributed by atoms with Crippen molar-refractivity contribution in [3.63, 3.8) is 0 Å². The second kappa shape index (κ2) is 5.04. The van der Waals surface area contributed by atoms with Crippen LogP contribution in [0.3, 0.4) is 0 Å². The summed E-state index contributed by atoms with van der Waals surface area (Å²) in [5, 5.41) is 0. The smallest absolute Gasteiger partial charge is 0.0683 e. The molecule has 0 N–H and O–H groups in total. The van der Waals surface area contributed by atoms with Gasteiger partial charge in [0, 0.05) is 5.41 Å². The minimum Gasteiger partial charge on any atom is -0.374 e. The van der Waals surface area contributed by atoms with E-state index in [1.165, 1.54) is 0 Å². The van der Waals surface area contributed by atoms with E-state index in [0.717, 1.165) is 0 Å². The van der Waals surface area contributed by atoms with Crippen molar-refractivity contribution in [2.24, 2.45) is 29.1 Å². The fraction of sp³-hybridized carbons (Fsp3) is 1.00. The predicted molar refractivity (Wildman–Crippen MR) is 79.1 cm³/mol. The summed E-state index contributed by atoms with van der Waals surface area (Å²) >= 11 is 0. The molecular weight excluding hydrogens is 236 g/mol. The number of rotatable bonds is 2. The molecule has 0 aromatic rings. The van der Waals surface area contributed by atoms with E-state index in [1.807, 2.05) is 0 Å². The van der Waals surface area contributed by atoms with Crippen molar-refractivity contribution in [2.45, 2.75) is 79.8 Å². The molecule has 0 saturated carbocycles. The first-order valence-electron chi connectivity index (χ1n) is 7.98. The van der Waals surface area contributed by atoms with Gasteiger partial charge in [-0.05, 0) is 37.5 Å². The Morgan fingerprint density at radius 2 is 0.895 bits per heavy atom. The van der Waals surface area contributed by atoms with Crippen LogP contribution in [0.25, 0.3) is 0 Å². The zero-order chi connectivity index (χ0) is 14.5. The second-order valence-electron chi connectivity index (χ2n) is 7.78. The Morgan fingerprint density at radius 1 is 0.579 bits per heavy atom. The third-order valence-corrected chi connectivity index (χ3v) is 6.28. The van der Waals surface area contributed by atoms with Crippen LogP contribution < -0.4 is 0 Å². The highest BCUT2D eigenvalue weighted by Gasteiger charge is 2.53. The maximum atomic E-state index is 6.30. The molecule has 0 aromatic carbocycles. The average Bonchev–Trinajstić information content (AvgIpc) is 2.75. The molecule has 2 aliphatic heterocycles. The molecule has 2 heterocycles. The molecule has 0 spiro atoms. The van der Waals surface area contributed by atoms with Gasteiger partial charge in [0.1, 0.15) is 0 Å². The second-order valence-corrected chi connectivity index (χ2v) is 7.78. The monoisotopic (exact) mass is 268 g/mol. The fourth-order valence-electron chi connectivity index (χ4n) is 4.23. The molecule has 0 aliphatic carbocycles. The predicted octanol–water partition coefficient (Wildman–Crippen LogP) is 4.13. The van der Waals surface area contributed by atoms with Gasteiger partial charge in [-0.2, -0.15) is 0 Å². The molecule has 2 aliphatic rings. The third kappa shape index (κ3) is 2.35. The molecule has 2 nitrogen and oxygen atoms in total. The van der Waals surface area contributed by atoms with Gasteiger partial charge in [0.05, 0.1) is 24.4 Å². The molecule has 0 radical (unpaired) electrons. The van der Waals surface area contributed by atoms with Gasteiger partial charge in [-0.1, -0.05) is 41.5 Å². The largest absolute Gasteiger partial charge is 0.374 e. The van der Waals surface area contributed by atoms with Crippen molar-refractivity contribution in [1.82, 2.24) is 0 Å². The van der Waals surface area contributed by atoms with Crippen molar-refractivity contribution in [3.05, 3.63) is 0 Å². The summed E-state index contributed by atoms with van der Waals surface area (Å²) in [6.07, 6.45) is 1.35. The minimum absolute atomic E-state index is 0.0802. The number of hydrogen-bond donors (Lipinski definition) is 0. The van der Waals surface area contributed by atoms with Crippen LogP contribution in [0.4, 0.5) is 0 Å². The molecule has 112 valence electrons. The molecule has 2 fully saturated rings. The Labute approximate surface area is 119 Å². The highest BCUT2D eigenvalue weighted by atomic mass is 16.5. The zero-order valence-corrected chi connectivity index (χ0v) is 13.9. The van der Waals surface area contributed by atoms with E-state index in [-0.39, 0.29) is 5.41 Å². The Bertz CT molecular complexity index is 295. The van der Waals surface area contributed by atoms with Gasteiger partial charge in [0.25, 0.3) is 0 Å². The molecule has 8 unspecified atom stereocenters. The standard InChI is InChI=1S/C17H32O2/c1-9-11(3)15(18-13(9)5)17(7,8)16-12(4)10(2)14(6)19-16/h9-16H,1-8H3. The number of ether oxygens (including phenoxy) is 2. The van der Waals surface area contributed by atoms with E-state index >= 15 is 0 Å². The van der Waals surface area contributed by atoms with Gasteiger partial charge in [-0.3, -0.25) is 0 Å². The highest BCUT2D eigenvalue weighted by Crippen LogP contribution is 2.49. The average molecular weight is 268 g/mol. The molecule has 0 aromatic heterocycles. The quantitative estimate of drug-likeness (QED) is 0.749. The molecule has 0 bridgehead atoms. The maximum Gasteiger partial charge on any atom is 0.0683 e. The summed E-state index contributed by atoms with van der Waals surface area (Å²) in [4.78, 5) is 0. The Hall–Kier alpha value is -0.0800. The van der Waals surface area contributed by atoms with Crippen LogP contribution in [0.2, 0.25) is 0 Å². The van der Waals surface area contributed by atoms with E-state index in [9.17, 15) is 0 Å². The van der Waals surface area contributed by atoms with Crippen LogP contribution in [0.1, 0.15) is 55.4 Å². The molecular formula is C17H32O2. The summed E-state index contributed by atoms with van der Waals surface area (Å²) in [6, 6.07) is 0. The summed E-state index contributed by atoms with van der Waals surface area (Å²) in [7, 11) is 0. The van der Waals surface area contributed by atoms with Gasteiger partial charge in [-0.25, -0.2) is 0 Å². The lowest BCUT2D eigenvalue weighted by molar-refractivity contribution is -0.113. The van der Waals surface area contributed by atoms with Crippen LogP contribution in [-0.2, 0) is 9.47 Å². The van der Waals surface area contributed by atoms with Crippen molar-refractivity contribution in [2.75, 3.05) is 0 Å². The van der Waals surface area contributed by atoms with Crippen LogP contribution in [0.15, 0.2) is 0 Å². The summed E-state index contributed by atoms with van der Waals surface area (Å²) in [6.45, 7) is 18.4. The first-order chi connectivity index (χ1) is 8.67. The molecule has 8 atom stereocenters. The normalized spacial score (nSPS) is 51.8. The first kappa shape index (κ1) is 15.3. The van der Waals surface area contributed by atoms with Gasteiger partial charge in [-0.15, -0.1) is 0 Å². The maximum absolute atomic E-state index is 6.30. The van der Waals surface area contributed by atoms with Gasteiger partial charge >= 0.3 is 0 Å². The number of hydrogen-bond acceptors (Lipinski definition) is 2. The Kier molecular flexibility index (Phi) is 4.06. The van der Waals surface area contributed by atoms with Crippen LogP contribution >= 0.6 is 0 Å². The van der Waals surface area contributed by atoms with E-state index < -0.39 is 0 Å². The minimum atomic E-state index is 0.0802. The van der Waals surface area contributed by atoms with E-state index in [2.05, 4.69) is 55.4 Å². The zero-order valence-electron chi connectivity index (χ0n) is 13.9. The lowest BCUT2D eigenvalue weighted by atomic mass is 9.69. The topological polar surface area (TPSA) is 18.5 Å². The lowest BCUT2D eigenvalue weighted by Gasteiger charge is -2.40. The van der Waals surface area contributed by atoms with Crippen molar-refractivity contribution in [1.29, 1.82) is 0 Å². The van der Waals surface area contributed by atoms with Crippen molar-refractivity contribution < 1.29 is 9.47 Å². The Balaban J connectivity index is 2.19. The molecule has 2 rings (SSSR count). The molecule has 2 saturated heterocycles. The highest BCUT2D eigenvalue weighted by molar-refractivity contribution is 5.00. The Morgan fingerprint density at radius 3 is 1.11 bits per heavy atom. The van der Waals surface area contributed by atoms with E-state index in [1.54, 1.807) is 0 Å². The van der Waals surface area contributed by atoms with Crippen molar-refractivity contribution in [3.8, 4) is 0 Å². The SMILES string of the molecule is CC1OC(C(C)(C)C2OC(C)C(C)C2C)C(C)C1C. The molecule has 19 heavy (non-hydrogen) atoms. The van der Waals surface area contributed by atoms with Crippen LogP contribution in [0.5, 0.6) is 0 Å². The van der Waals surface area contributed by atoms with Crippen molar-refractivity contribution >= 4 is 0 Å². The van der Waals surface area contributed by atoms with Crippen LogP contribution in [-0.4, -0.2) is 24.4 Å². The van der Waals surface area contributed by atoms with E-state index in [0.29, 0.717) is 48.1 Å². The first-order valence-corrected chi connectivity index (χ1v) is 7.98. The van der Waals surface area contributed by atoms with E-state index in [4.69, 9.17) is 9.47 Å². The fourth-order valence-corrected chi connectivity index (χ4v) is 4.23. The van der Waals surface area contributed by atoms with Gasteiger partial charge in [0.2, 0.25) is 0 Å². The van der Waals surface area contributed by atoms with Gasteiger partial charge < -0.3 is 9.47 Å². The third-order valence-electron chi connectivity index (χ3n) is 6.28. The summed E-state index contributed by atoms with van der Waals surface area (Å²) < 4.78 is 12.6. The lowest BCUT2D eigenvalue weighted by Crippen LogP contribution is -2.45. The summed E-state index contributed by atoms with van der Waals surface area (Å²) in [5.74, 6) is 2.48. The molecule has 0 amide bonds. The van der Waals surface area contributed by atoms with Gasteiger partial charge in [0.15, 0.2) is 0 Å². The van der Waals surface area contributed by atoms with Crippen LogP contribution in [0, 0.1) is 29.1 Å². The molecule has 2 heteroatoms. The summed E-state index contributed by atoms with van der Waals surface area (Å²) in [5.41, 5.74) is 0.0802.